The molecule has 0 saturated heterocycles. The summed E-state index contributed by atoms with van der Waals surface area (Å²) in [5, 5.41) is 0. The Kier molecular flexibility index (Phi) is 6.54. The van der Waals surface area contributed by atoms with E-state index in [4.69, 9.17) is 9.47 Å². The first kappa shape index (κ1) is 19.1. The van der Waals surface area contributed by atoms with E-state index >= 15 is 0 Å². The molecule has 0 aliphatic heterocycles. The largest absolute Gasteiger partial charge is 0.490 e. The summed E-state index contributed by atoms with van der Waals surface area (Å²) in [6, 6.07) is 9.89. The Morgan fingerprint density at radius 2 is 1.62 bits per heavy atom. The number of hydrogen-bond donors (Lipinski definition) is 1. The fraction of sp³-hybridized carbons (Fsp3) is 0.250. The molecule has 24 heavy (non-hydrogen) atoms. The van der Waals surface area contributed by atoms with Crippen LogP contribution in [0.25, 0.3) is 0 Å². The Hall–Kier alpha value is -1.25. The van der Waals surface area contributed by atoms with Crippen LogP contribution in [-0.4, -0.2) is 21.6 Å². The van der Waals surface area contributed by atoms with Crippen molar-refractivity contribution in [3.05, 3.63) is 45.3 Å². The van der Waals surface area contributed by atoms with E-state index in [1.165, 1.54) is 6.07 Å². The van der Waals surface area contributed by atoms with Crippen LogP contribution in [-0.2, 0) is 10.0 Å². The lowest BCUT2D eigenvalue weighted by molar-refractivity contribution is 0.288. The van der Waals surface area contributed by atoms with Gasteiger partial charge in [0.15, 0.2) is 11.5 Å². The molecule has 5 nitrogen and oxygen atoms in total. The summed E-state index contributed by atoms with van der Waals surface area (Å²) < 4.78 is 39.9. The molecule has 0 radical (unpaired) electrons. The molecule has 0 aliphatic carbocycles. The summed E-state index contributed by atoms with van der Waals surface area (Å²) in [5.41, 5.74) is 0.397. The monoisotopic (exact) mass is 477 g/mol. The highest BCUT2D eigenvalue weighted by molar-refractivity contribution is 9.11. The molecular formula is C16H17Br2NO4S. The second-order valence-corrected chi connectivity index (χ2v) is 8.13. The van der Waals surface area contributed by atoms with E-state index in [1.54, 1.807) is 30.3 Å². The van der Waals surface area contributed by atoms with Crippen molar-refractivity contribution in [1.29, 1.82) is 0 Å². The van der Waals surface area contributed by atoms with E-state index in [9.17, 15) is 8.42 Å². The zero-order chi connectivity index (χ0) is 17.7. The number of ether oxygens (including phenoxy) is 2. The fourth-order valence-electron chi connectivity index (χ4n) is 2.01. The average Bonchev–Trinajstić information content (AvgIpc) is 2.52. The van der Waals surface area contributed by atoms with Crippen LogP contribution in [0.2, 0.25) is 0 Å². The van der Waals surface area contributed by atoms with Crippen LogP contribution in [0, 0.1) is 0 Å². The van der Waals surface area contributed by atoms with Gasteiger partial charge in [-0.15, -0.1) is 0 Å². The third kappa shape index (κ3) is 4.64. The van der Waals surface area contributed by atoms with Crippen LogP contribution in [0.4, 0.5) is 5.69 Å². The van der Waals surface area contributed by atoms with E-state index in [1.807, 2.05) is 13.8 Å². The summed E-state index contributed by atoms with van der Waals surface area (Å²) >= 11 is 6.55. The zero-order valence-electron chi connectivity index (χ0n) is 13.2. The summed E-state index contributed by atoms with van der Waals surface area (Å²) in [5.74, 6) is 1.07. The first-order valence-electron chi connectivity index (χ1n) is 7.25. The van der Waals surface area contributed by atoms with Gasteiger partial charge < -0.3 is 9.47 Å². The third-order valence-electron chi connectivity index (χ3n) is 2.98. The first-order valence-corrected chi connectivity index (χ1v) is 10.3. The van der Waals surface area contributed by atoms with E-state index in [2.05, 4.69) is 36.6 Å². The molecule has 8 heteroatoms. The Labute approximate surface area is 158 Å². The van der Waals surface area contributed by atoms with E-state index < -0.39 is 10.0 Å². The predicted octanol–water partition coefficient (Wildman–Crippen LogP) is 4.81. The van der Waals surface area contributed by atoms with Gasteiger partial charge in [-0.1, -0.05) is 15.9 Å². The van der Waals surface area contributed by atoms with Gasteiger partial charge in [0.2, 0.25) is 0 Å². The fourth-order valence-corrected chi connectivity index (χ4v) is 4.56. The molecule has 0 aliphatic rings. The van der Waals surface area contributed by atoms with Gasteiger partial charge in [-0.25, -0.2) is 8.42 Å². The maximum absolute atomic E-state index is 12.6. The minimum absolute atomic E-state index is 0.142. The SMILES string of the molecule is CCOc1ccc(NS(=O)(=O)c2cc(Br)ccc2Br)cc1OCC. The second-order valence-electron chi connectivity index (χ2n) is 4.71. The van der Waals surface area contributed by atoms with E-state index in [0.717, 1.165) is 0 Å². The van der Waals surface area contributed by atoms with E-state index in [-0.39, 0.29) is 4.90 Å². The molecule has 0 fully saturated rings. The molecule has 2 aromatic rings. The molecule has 0 spiro atoms. The minimum Gasteiger partial charge on any atom is -0.490 e. The van der Waals surface area contributed by atoms with Gasteiger partial charge in [-0.05, 0) is 60.1 Å². The number of halogens is 2. The van der Waals surface area contributed by atoms with Gasteiger partial charge >= 0.3 is 0 Å². The second kappa shape index (κ2) is 8.22. The molecule has 2 rings (SSSR count). The van der Waals surface area contributed by atoms with Crippen LogP contribution in [0.5, 0.6) is 11.5 Å². The molecule has 2 aromatic carbocycles. The summed E-state index contributed by atoms with van der Waals surface area (Å²) in [6.45, 7) is 4.67. The topological polar surface area (TPSA) is 64.6 Å². The number of hydrogen-bond acceptors (Lipinski definition) is 4. The summed E-state index contributed by atoms with van der Waals surface area (Å²) in [4.78, 5) is 0.142. The lowest BCUT2D eigenvalue weighted by Gasteiger charge is -2.14. The molecule has 0 heterocycles. The molecule has 130 valence electrons. The van der Waals surface area contributed by atoms with Gasteiger partial charge in [-0.3, -0.25) is 4.72 Å². The zero-order valence-corrected chi connectivity index (χ0v) is 17.2. The number of anilines is 1. The number of rotatable bonds is 7. The molecule has 1 N–H and O–H groups in total. The van der Waals surface area contributed by atoms with Gasteiger partial charge in [-0.2, -0.15) is 0 Å². The van der Waals surface area contributed by atoms with Crippen molar-refractivity contribution in [2.75, 3.05) is 17.9 Å². The standard InChI is InChI=1S/C16H17Br2NO4S/c1-3-22-14-8-6-12(10-15(14)23-4-2)19-24(20,21)16-9-11(17)5-7-13(16)18/h5-10,19H,3-4H2,1-2H3. The van der Waals surface area contributed by atoms with Crippen molar-refractivity contribution >= 4 is 47.6 Å². The van der Waals surface area contributed by atoms with Gasteiger partial charge in [0, 0.05) is 15.0 Å². The molecule has 0 amide bonds. The van der Waals surface area contributed by atoms with Crippen molar-refractivity contribution in [3.8, 4) is 11.5 Å². The molecule has 0 aromatic heterocycles. The van der Waals surface area contributed by atoms with Crippen molar-refractivity contribution in [3.63, 3.8) is 0 Å². The Morgan fingerprint density at radius 3 is 2.29 bits per heavy atom. The average molecular weight is 479 g/mol. The summed E-state index contributed by atoms with van der Waals surface area (Å²) in [7, 11) is -3.75. The van der Waals surface area contributed by atoms with Crippen molar-refractivity contribution in [1.82, 2.24) is 0 Å². The maximum atomic E-state index is 12.6. The smallest absolute Gasteiger partial charge is 0.263 e. The summed E-state index contributed by atoms with van der Waals surface area (Å²) in [6.07, 6.45) is 0. The van der Waals surface area contributed by atoms with Crippen LogP contribution in [0.15, 0.2) is 50.2 Å². The highest BCUT2D eigenvalue weighted by Gasteiger charge is 2.19. The lowest BCUT2D eigenvalue weighted by Crippen LogP contribution is -2.14. The Morgan fingerprint density at radius 1 is 0.958 bits per heavy atom. The minimum atomic E-state index is -3.75. The highest BCUT2D eigenvalue weighted by atomic mass is 79.9. The molecule has 0 unspecified atom stereocenters. The van der Waals surface area contributed by atoms with Crippen molar-refractivity contribution in [2.24, 2.45) is 0 Å². The number of sulfonamides is 1. The van der Waals surface area contributed by atoms with Crippen molar-refractivity contribution in [2.45, 2.75) is 18.7 Å². The van der Waals surface area contributed by atoms with Crippen LogP contribution < -0.4 is 14.2 Å². The number of nitrogens with one attached hydrogen (secondary N) is 1. The predicted molar refractivity (Wildman–Crippen MR) is 101 cm³/mol. The molecule has 0 saturated carbocycles. The Balaban J connectivity index is 2.35. The van der Waals surface area contributed by atoms with Gasteiger partial charge in [0.25, 0.3) is 10.0 Å². The van der Waals surface area contributed by atoms with Crippen LogP contribution in [0.3, 0.4) is 0 Å². The third-order valence-corrected chi connectivity index (χ3v) is 5.85. The van der Waals surface area contributed by atoms with E-state index in [0.29, 0.717) is 39.3 Å². The normalized spacial score (nSPS) is 11.2. The lowest BCUT2D eigenvalue weighted by atomic mass is 10.3. The molecule has 0 bridgehead atoms. The van der Waals surface area contributed by atoms with Crippen LogP contribution >= 0.6 is 31.9 Å². The Bertz CT molecular complexity index is 825. The van der Waals surface area contributed by atoms with Crippen LogP contribution in [0.1, 0.15) is 13.8 Å². The quantitative estimate of drug-likeness (QED) is 0.620. The van der Waals surface area contributed by atoms with Gasteiger partial charge in [0.1, 0.15) is 4.90 Å². The molecule has 0 atom stereocenters. The molecular weight excluding hydrogens is 462 g/mol. The van der Waals surface area contributed by atoms with Gasteiger partial charge in [0.05, 0.1) is 18.9 Å². The number of benzene rings is 2. The highest BCUT2D eigenvalue weighted by Crippen LogP contribution is 2.33. The first-order chi connectivity index (χ1) is 11.4. The van der Waals surface area contributed by atoms with Crippen molar-refractivity contribution < 1.29 is 17.9 Å². The maximum Gasteiger partial charge on any atom is 0.263 e.